The summed E-state index contributed by atoms with van der Waals surface area (Å²) >= 11 is 0. The van der Waals surface area contributed by atoms with Crippen molar-refractivity contribution in [2.24, 2.45) is 11.3 Å². The van der Waals surface area contributed by atoms with Gasteiger partial charge in [0.05, 0.1) is 11.5 Å². The maximum Gasteiger partial charge on any atom is 0.0690 e. The smallest absolute Gasteiger partial charge is 0.0690 e. The van der Waals surface area contributed by atoms with Crippen molar-refractivity contribution in [2.45, 2.75) is 52.4 Å². The van der Waals surface area contributed by atoms with Crippen molar-refractivity contribution in [3.8, 4) is 6.07 Å². The van der Waals surface area contributed by atoms with Crippen molar-refractivity contribution >= 4 is 0 Å². The van der Waals surface area contributed by atoms with E-state index in [-0.39, 0.29) is 5.41 Å². The molecule has 1 saturated carbocycles. The first-order chi connectivity index (χ1) is 7.22. The maximum absolute atomic E-state index is 9.23. The van der Waals surface area contributed by atoms with E-state index >= 15 is 0 Å². The quantitative estimate of drug-likeness (QED) is 0.627. The highest BCUT2D eigenvalue weighted by molar-refractivity contribution is 5.03. The zero-order valence-corrected chi connectivity index (χ0v) is 10.1. The summed E-state index contributed by atoms with van der Waals surface area (Å²) in [5.74, 6) is 0.722. The third kappa shape index (κ3) is 3.83. The van der Waals surface area contributed by atoms with E-state index < -0.39 is 0 Å². The summed E-state index contributed by atoms with van der Waals surface area (Å²) in [5.41, 5.74) is -0.0639. The SMILES string of the molecule is CCCCOCCC1(C#N)CCC(C)C1. The normalized spacial score (nSPS) is 30.3. The fourth-order valence-corrected chi connectivity index (χ4v) is 2.39. The first-order valence-corrected chi connectivity index (χ1v) is 6.21. The van der Waals surface area contributed by atoms with Gasteiger partial charge in [0.2, 0.25) is 0 Å². The van der Waals surface area contributed by atoms with Crippen LogP contribution in [0.2, 0.25) is 0 Å². The van der Waals surface area contributed by atoms with Crippen LogP contribution in [-0.4, -0.2) is 13.2 Å². The van der Waals surface area contributed by atoms with Crippen LogP contribution in [0.15, 0.2) is 0 Å². The average molecular weight is 209 g/mol. The van der Waals surface area contributed by atoms with Gasteiger partial charge in [0.1, 0.15) is 0 Å². The summed E-state index contributed by atoms with van der Waals surface area (Å²) in [6, 6.07) is 2.52. The van der Waals surface area contributed by atoms with Gasteiger partial charge >= 0.3 is 0 Å². The summed E-state index contributed by atoms with van der Waals surface area (Å²) in [4.78, 5) is 0. The molecule has 86 valence electrons. The fourth-order valence-electron chi connectivity index (χ4n) is 2.39. The molecule has 1 aliphatic rings. The van der Waals surface area contributed by atoms with Crippen LogP contribution in [0, 0.1) is 22.7 Å². The van der Waals surface area contributed by atoms with Gasteiger partial charge in [-0.15, -0.1) is 0 Å². The number of nitriles is 1. The summed E-state index contributed by atoms with van der Waals surface area (Å²) in [6.07, 6.45) is 6.60. The molecule has 0 aromatic rings. The van der Waals surface area contributed by atoms with E-state index in [1.165, 1.54) is 12.8 Å². The van der Waals surface area contributed by atoms with Gasteiger partial charge in [-0.3, -0.25) is 0 Å². The number of ether oxygens (including phenoxy) is 1. The molecule has 0 aromatic carbocycles. The van der Waals surface area contributed by atoms with Crippen molar-refractivity contribution in [1.82, 2.24) is 0 Å². The van der Waals surface area contributed by atoms with Crippen LogP contribution in [0.1, 0.15) is 52.4 Å². The molecule has 0 aromatic heterocycles. The number of hydrogen-bond acceptors (Lipinski definition) is 2. The average Bonchev–Trinajstić information content (AvgIpc) is 2.61. The van der Waals surface area contributed by atoms with Crippen LogP contribution in [0.25, 0.3) is 0 Å². The van der Waals surface area contributed by atoms with Gasteiger partial charge in [0.25, 0.3) is 0 Å². The van der Waals surface area contributed by atoms with Crippen LogP contribution in [0.5, 0.6) is 0 Å². The molecule has 0 spiro atoms. The van der Waals surface area contributed by atoms with Gasteiger partial charge in [-0.1, -0.05) is 20.3 Å². The second kappa shape index (κ2) is 6.12. The van der Waals surface area contributed by atoms with Gasteiger partial charge in [-0.05, 0) is 38.0 Å². The monoisotopic (exact) mass is 209 g/mol. The second-order valence-corrected chi connectivity index (χ2v) is 4.96. The Hall–Kier alpha value is -0.550. The molecule has 0 N–H and O–H groups in total. The molecular weight excluding hydrogens is 186 g/mol. The highest BCUT2D eigenvalue weighted by Crippen LogP contribution is 2.43. The van der Waals surface area contributed by atoms with Crippen LogP contribution in [-0.2, 0) is 4.74 Å². The molecule has 1 fully saturated rings. The van der Waals surface area contributed by atoms with E-state index in [2.05, 4.69) is 19.9 Å². The largest absolute Gasteiger partial charge is 0.381 e. The first kappa shape index (κ1) is 12.5. The van der Waals surface area contributed by atoms with E-state index in [4.69, 9.17) is 4.74 Å². The molecule has 1 aliphatic carbocycles. The van der Waals surface area contributed by atoms with Crippen molar-refractivity contribution in [1.29, 1.82) is 5.26 Å². The lowest BCUT2D eigenvalue weighted by Crippen LogP contribution is -2.17. The van der Waals surface area contributed by atoms with Gasteiger partial charge in [0, 0.05) is 13.2 Å². The predicted molar refractivity (Wildman–Crippen MR) is 61.4 cm³/mol. The minimum absolute atomic E-state index is 0.0639. The molecule has 2 atom stereocenters. The second-order valence-electron chi connectivity index (χ2n) is 4.96. The van der Waals surface area contributed by atoms with Gasteiger partial charge < -0.3 is 4.74 Å². The fraction of sp³-hybridized carbons (Fsp3) is 0.923. The van der Waals surface area contributed by atoms with E-state index in [0.29, 0.717) is 0 Å². The molecule has 0 amide bonds. The minimum Gasteiger partial charge on any atom is -0.381 e. The Kier molecular flexibility index (Phi) is 5.11. The zero-order valence-electron chi connectivity index (χ0n) is 10.1. The molecule has 0 bridgehead atoms. The number of hydrogen-bond donors (Lipinski definition) is 0. The van der Waals surface area contributed by atoms with E-state index in [1.54, 1.807) is 0 Å². The Bertz CT molecular complexity index is 221. The molecule has 0 aliphatic heterocycles. The maximum atomic E-state index is 9.23. The molecule has 2 nitrogen and oxygen atoms in total. The lowest BCUT2D eigenvalue weighted by Gasteiger charge is -2.20. The number of nitrogens with zero attached hydrogens (tertiary/aromatic N) is 1. The van der Waals surface area contributed by atoms with Crippen LogP contribution in [0.4, 0.5) is 0 Å². The topological polar surface area (TPSA) is 33.0 Å². The summed E-state index contributed by atoms with van der Waals surface area (Å²) < 4.78 is 5.55. The molecule has 0 radical (unpaired) electrons. The molecule has 2 unspecified atom stereocenters. The highest BCUT2D eigenvalue weighted by atomic mass is 16.5. The standard InChI is InChI=1S/C13H23NO/c1-3-4-8-15-9-7-13(11-14)6-5-12(2)10-13/h12H,3-10H2,1-2H3. The van der Waals surface area contributed by atoms with Gasteiger partial charge in [-0.2, -0.15) is 5.26 Å². The summed E-state index contributed by atoms with van der Waals surface area (Å²) in [5, 5.41) is 9.23. The Morgan fingerprint density at radius 2 is 2.27 bits per heavy atom. The molecule has 2 heteroatoms. The summed E-state index contributed by atoms with van der Waals surface area (Å²) in [7, 11) is 0. The number of rotatable bonds is 6. The Balaban J connectivity index is 2.21. The van der Waals surface area contributed by atoms with Crippen molar-refractivity contribution in [3.05, 3.63) is 0 Å². The highest BCUT2D eigenvalue weighted by Gasteiger charge is 2.37. The number of unbranched alkanes of at least 4 members (excludes halogenated alkanes) is 1. The first-order valence-electron chi connectivity index (χ1n) is 6.21. The Morgan fingerprint density at radius 3 is 2.80 bits per heavy atom. The lowest BCUT2D eigenvalue weighted by atomic mass is 9.84. The van der Waals surface area contributed by atoms with Crippen molar-refractivity contribution in [3.63, 3.8) is 0 Å². The Morgan fingerprint density at radius 1 is 1.47 bits per heavy atom. The van der Waals surface area contributed by atoms with Gasteiger partial charge in [-0.25, -0.2) is 0 Å². The van der Waals surface area contributed by atoms with E-state index in [9.17, 15) is 5.26 Å². The minimum atomic E-state index is -0.0639. The van der Waals surface area contributed by atoms with E-state index in [1.807, 2.05) is 0 Å². The molecule has 0 saturated heterocycles. The molecule has 0 heterocycles. The Labute approximate surface area is 93.6 Å². The van der Waals surface area contributed by atoms with Crippen molar-refractivity contribution < 1.29 is 4.74 Å². The molecule has 15 heavy (non-hydrogen) atoms. The van der Waals surface area contributed by atoms with Crippen LogP contribution < -0.4 is 0 Å². The van der Waals surface area contributed by atoms with E-state index in [0.717, 1.165) is 44.8 Å². The summed E-state index contributed by atoms with van der Waals surface area (Å²) in [6.45, 7) is 6.03. The zero-order chi connectivity index (χ0) is 11.1. The van der Waals surface area contributed by atoms with Crippen LogP contribution in [0.3, 0.4) is 0 Å². The third-order valence-corrected chi connectivity index (χ3v) is 3.46. The predicted octanol–water partition coefficient (Wildman–Crippen LogP) is 3.52. The van der Waals surface area contributed by atoms with Crippen LogP contribution >= 0.6 is 0 Å². The lowest BCUT2D eigenvalue weighted by molar-refractivity contribution is 0.106. The molecule has 1 rings (SSSR count). The third-order valence-electron chi connectivity index (χ3n) is 3.46. The van der Waals surface area contributed by atoms with Gasteiger partial charge in [0.15, 0.2) is 0 Å². The molecular formula is C13H23NO. The van der Waals surface area contributed by atoms with Crippen molar-refractivity contribution in [2.75, 3.05) is 13.2 Å².